The Labute approximate surface area is 101 Å². The van der Waals surface area contributed by atoms with Crippen LogP contribution in [0.15, 0.2) is 21.9 Å². The van der Waals surface area contributed by atoms with Crippen molar-refractivity contribution in [1.29, 1.82) is 0 Å². The fourth-order valence-corrected chi connectivity index (χ4v) is 1.86. The van der Waals surface area contributed by atoms with Gasteiger partial charge in [-0.1, -0.05) is 6.07 Å². The van der Waals surface area contributed by atoms with Gasteiger partial charge in [-0.3, -0.25) is 4.79 Å². The van der Waals surface area contributed by atoms with Crippen LogP contribution in [0, 0.1) is 0 Å². The number of hydrogen-bond donors (Lipinski definition) is 2. The van der Waals surface area contributed by atoms with Crippen LogP contribution in [0.1, 0.15) is 12.3 Å². The Morgan fingerprint density at radius 1 is 1.53 bits per heavy atom. The van der Waals surface area contributed by atoms with E-state index in [1.54, 1.807) is 0 Å². The molecule has 2 N–H and O–H groups in total. The molecule has 0 spiro atoms. The molecule has 2 aromatic rings. The number of carboxylic acid groups (broad SMARTS) is 1. The van der Waals surface area contributed by atoms with Crippen molar-refractivity contribution in [2.75, 3.05) is 6.54 Å². The van der Waals surface area contributed by atoms with Gasteiger partial charge < -0.3 is 14.8 Å². The second kappa shape index (κ2) is 5.55. The molecule has 0 saturated carbocycles. The zero-order valence-corrected chi connectivity index (χ0v) is 9.74. The molecule has 17 heavy (non-hydrogen) atoms. The zero-order chi connectivity index (χ0) is 12.1. The molecular weight excluding hydrogens is 242 g/mol. The first-order valence-corrected chi connectivity index (χ1v) is 5.92. The summed E-state index contributed by atoms with van der Waals surface area (Å²) in [6, 6.07) is 3.81. The van der Waals surface area contributed by atoms with Crippen molar-refractivity contribution in [3.05, 3.63) is 23.4 Å². The van der Waals surface area contributed by atoms with Crippen molar-refractivity contribution >= 4 is 17.3 Å². The van der Waals surface area contributed by atoms with Gasteiger partial charge in [0.1, 0.15) is 0 Å². The number of nitrogens with one attached hydrogen (secondary N) is 1. The number of hydrogen-bond acceptors (Lipinski definition) is 6. The van der Waals surface area contributed by atoms with Gasteiger partial charge in [-0.2, -0.15) is 0 Å². The van der Waals surface area contributed by atoms with Crippen LogP contribution in [-0.2, 0) is 11.3 Å². The summed E-state index contributed by atoms with van der Waals surface area (Å²) in [7, 11) is 0. The van der Waals surface area contributed by atoms with Crippen LogP contribution in [0.4, 0.5) is 0 Å². The highest BCUT2D eigenvalue weighted by atomic mass is 32.1. The second-order valence-corrected chi connectivity index (χ2v) is 4.25. The molecule has 0 aromatic carbocycles. The van der Waals surface area contributed by atoms with E-state index in [0.717, 1.165) is 4.88 Å². The van der Waals surface area contributed by atoms with Gasteiger partial charge in [-0.15, -0.1) is 21.5 Å². The predicted molar refractivity (Wildman–Crippen MR) is 61.6 cm³/mol. The van der Waals surface area contributed by atoms with E-state index in [4.69, 9.17) is 9.52 Å². The summed E-state index contributed by atoms with van der Waals surface area (Å²) in [5, 5.41) is 21.1. The van der Waals surface area contributed by atoms with E-state index < -0.39 is 5.97 Å². The summed E-state index contributed by atoms with van der Waals surface area (Å²) in [4.78, 5) is 11.2. The van der Waals surface area contributed by atoms with Gasteiger partial charge in [0.15, 0.2) is 0 Å². The largest absolute Gasteiger partial charge is 0.481 e. The van der Waals surface area contributed by atoms with Gasteiger partial charge in [0.2, 0.25) is 5.89 Å². The minimum Gasteiger partial charge on any atom is -0.481 e. The number of carboxylic acids is 1. The van der Waals surface area contributed by atoms with Crippen LogP contribution in [-0.4, -0.2) is 27.8 Å². The molecular formula is C10H11N3O3S. The topological polar surface area (TPSA) is 88.2 Å². The summed E-state index contributed by atoms with van der Waals surface area (Å²) < 4.78 is 5.41. The first-order chi connectivity index (χ1) is 8.25. The van der Waals surface area contributed by atoms with Gasteiger partial charge in [0.25, 0.3) is 5.89 Å². The van der Waals surface area contributed by atoms with Crippen molar-refractivity contribution in [1.82, 2.24) is 15.5 Å². The summed E-state index contributed by atoms with van der Waals surface area (Å²) in [6.07, 6.45) is 0.0753. The fourth-order valence-electron chi connectivity index (χ4n) is 1.22. The smallest absolute Gasteiger partial charge is 0.304 e. The second-order valence-electron chi connectivity index (χ2n) is 3.30. The standard InChI is InChI=1S/C10H11N3O3S/c14-9(15)3-4-11-6-8-12-13-10(16-8)7-2-1-5-17-7/h1-2,5,11H,3-4,6H2,(H,14,15). The molecule has 0 fully saturated rings. The Morgan fingerprint density at radius 2 is 2.41 bits per heavy atom. The lowest BCUT2D eigenvalue weighted by Gasteiger charge is -1.97. The third-order valence-corrected chi connectivity index (χ3v) is 2.85. The highest BCUT2D eigenvalue weighted by molar-refractivity contribution is 7.13. The van der Waals surface area contributed by atoms with E-state index in [9.17, 15) is 4.79 Å². The van der Waals surface area contributed by atoms with E-state index in [0.29, 0.717) is 24.9 Å². The van der Waals surface area contributed by atoms with Crippen LogP contribution in [0.5, 0.6) is 0 Å². The van der Waals surface area contributed by atoms with Crippen molar-refractivity contribution in [2.45, 2.75) is 13.0 Å². The third-order valence-electron chi connectivity index (χ3n) is 1.99. The molecule has 2 rings (SSSR count). The van der Waals surface area contributed by atoms with Gasteiger partial charge in [-0.25, -0.2) is 0 Å². The molecule has 6 nitrogen and oxygen atoms in total. The number of thiophene rings is 1. The average Bonchev–Trinajstić information content (AvgIpc) is 2.94. The monoisotopic (exact) mass is 253 g/mol. The number of rotatable bonds is 6. The lowest BCUT2D eigenvalue weighted by Crippen LogP contribution is -2.17. The van der Waals surface area contributed by atoms with Crippen molar-refractivity contribution < 1.29 is 14.3 Å². The summed E-state index contributed by atoms with van der Waals surface area (Å²) in [5.74, 6) is 0.121. The lowest BCUT2D eigenvalue weighted by molar-refractivity contribution is -0.136. The molecule has 7 heteroatoms. The van der Waals surface area contributed by atoms with Crippen molar-refractivity contribution in [3.8, 4) is 10.8 Å². The average molecular weight is 253 g/mol. The van der Waals surface area contributed by atoms with Gasteiger partial charge in [0, 0.05) is 6.54 Å². The lowest BCUT2D eigenvalue weighted by atomic mass is 10.4. The van der Waals surface area contributed by atoms with E-state index in [2.05, 4.69) is 15.5 Å². The zero-order valence-electron chi connectivity index (χ0n) is 8.92. The number of aliphatic carboxylic acids is 1. The van der Waals surface area contributed by atoms with Crippen LogP contribution >= 0.6 is 11.3 Å². The van der Waals surface area contributed by atoms with Gasteiger partial charge in [0.05, 0.1) is 17.8 Å². The summed E-state index contributed by atoms with van der Waals surface area (Å²) in [5.41, 5.74) is 0. The van der Waals surface area contributed by atoms with E-state index in [1.165, 1.54) is 11.3 Å². The predicted octanol–water partition coefficient (Wildman–Crippen LogP) is 1.36. The Hall–Kier alpha value is -1.73. The highest BCUT2D eigenvalue weighted by Crippen LogP contribution is 2.22. The number of carbonyl (C=O) groups is 1. The maximum absolute atomic E-state index is 10.3. The highest BCUT2D eigenvalue weighted by Gasteiger charge is 2.08. The van der Waals surface area contributed by atoms with Crippen molar-refractivity contribution in [2.24, 2.45) is 0 Å². The Morgan fingerprint density at radius 3 is 3.12 bits per heavy atom. The van der Waals surface area contributed by atoms with Gasteiger partial charge in [-0.05, 0) is 11.4 Å². The maximum atomic E-state index is 10.3. The van der Waals surface area contributed by atoms with Crippen LogP contribution in [0.2, 0.25) is 0 Å². The summed E-state index contributed by atoms with van der Waals surface area (Å²) in [6.45, 7) is 0.762. The maximum Gasteiger partial charge on any atom is 0.304 e. The van der Waals surface area contributed by atoms with E-state index in [1.807, 2.05) is 17.5 Å². The van der Waals surface area contributed by atoms with Crippen LogP contribution < -0.4 is 5.32 Å². The molecule has 0 aliphatic rings. The Bertz CT molecular complexity index is 481. The molecule has 2 heterocycles. The molecule has 0 amide bonds. The molecule has 0 atom stereocenters. The van der Waals surface area contributed by atoms with Gasteiger partial charge >= 0.3 is 5.97 Å². The normalized spacial score (nSPS) is 10.6. The molecule has 2 aromatic heterocycles. The number of aromatic nitrogens is 2. The minimum atomic E-state index is -0.831. The molecule has 0 radical (unpaired) electrons. The molecule has 0 aliphatic carbocycles. The quantitative estimate of drug-likeness (QED) is 0.756. The first kappa shape index (κ1) is 11.7. The SMILES string of the molecule is O=C(O)CCNCc1nnc(-c2cccs2)o1. The Balaban J connectivity index is 1.84. The molecule has 0 aliphatic heterocycles. The van der Waals surface area contributed by atoms with Crippen molar-refractivity contribution in [3.63, 3.8) is 0 Å². The Kier molecular flexibility index (Phi) is 3.84. The molecule has 90 valence electrons. The van der Waals surface area contributed by atoms with Crippen LogP contribution in [0.25, 0.3) is 10.8 Å². The summed E-state index contributed by atoms with van der Waals surface area (Å²) >= 11 is 1.53. The minimum absolute atomic E-state index is 0.0753. The molecule has 0 saturated heterocycles. The third kappa shape index (κ3) is 3.36. The first-order valence-electron chi connectivity index (χ1n) is 5.04. The fraction of sp³-hybridized carbons (Fsp3) is 0.300. The van der Waals surface area contributed by atoms with E-state index in [-0.39, 0.29) is 6.42 Å². The van der Waals surface area contributed by atoms with Crippen LogP contribution in [0.3, 0.4) is 0 Å². The molecule has 0 unspecified atom stereocenters. The number of nitrogens with zero attached hydrogens (tertiary/aromatic N) is 2. The van der Waals surface area contributed by atoms with E-state index >= 15 is 0 Å². The molecule has 0 bridgehead atoms.